The van der Waals surface area contributed by atoms with Gasteiger partial charge in [0.25, 0.3) is 11.6 Å². The van der Waals surface area contributed by atoms with E-state index in [0.717, 1.165) is 74.1 Å². The van der Waals surface area contributed by atoms with E-state index in [1.807, 2.05) is 24.3 Å². The van der Waals surface area contributed by atoms with Crippen molar-refractivity contribution in [2.45, 2.75) is 63.1 Å². The predicted molar refractivity (Wildman–Crippen MR) is 243 cm³/mol. The molecule has 0 bridgehead atoms. The normalized spacial score (nSPS) is 18.2. The third-order valence-electron chi connectivity index (χ3n) is 12.3. The number of nitro groups is 1. The van der Waals surface area contributed by atoms with Gasteiger partial charge >= 0.3 is 6.18 Å². The van der Waals surface area contributed by atoms with Gasteiger partial charge in [0.2, 0.25) is 0 Å². The summed E-state index contributed by atoms with van der Waals surface area (Å²) in [5.41, 5.74) is 5.69. The molecule has 2 saturated heterocycles. The van der Waals surface area contributed by atoms with E-state index in [1.165, 1.54) is 33.7 Å². The number of nitro benzene ring substituents is 1. The number of carbonyl (C=O) groups is 1. The predicted octanol–water partition coefficient (Wildman–Crippen LogP) is 9.59. The minimum absolute atomic E-state index is 0.0161. The summed E-state index contributed by atoms with van der Waals surface area (Å²) in [7, 11) is -2.22. The number of hydrogen-bond donors (Lipinski definition) is 3. The number of alkyl halides is 3. The number of piperidine rings is 1. The van der Waals surface area contributed by atoms with Crippen LogP contribution in [0.15, 0.2) is 95.7 Å². The van der Waals surface area contributed by atoms with Crippen LogP contribution in [0.25, 0.3) is 16.6 Å². The molecule has 3 N–H and O–H groups in total. The van der Waals surface area contributed by atoms with Crippen LogP contribution in [0.3, 0.4) is 0 Å². The van der Waals surface area contributed by atoms with Gasteiger partial charge in [0.05, 0.1) is 28.1 Å². The average Bonchev–Trinajstić information content (AvgIpc) is 3.73. The number of benzene rings is 3. The molecule has 8 rings (SSSR count). The van der Waals surface area contributed by atoms with E-state index in [0.29, 0.717) is 24.2 Å². The highest BCUT2D eigenvalue weighted by molar-refractivity contribution is 7.83. The fourth-order valence-corrected chi connectivity index (χ4v) is 9.72. The highest BCUT2D eigenvalue weighted by Gasteiger charge is 2.34. The zero-order chi connectivity index (χ0) is 45.2. The van der Waals surface area contributed by atoms with E-state index in [-0.39, 0.29) is 52.1 Å². The van der Waals surface area contributed by atoms with Gasteiger partial charge in [-0.15, -0.1) is 0 Å². The molecule has 13 nitrogen and oxygen atoms in total. The molecule has 1 amide bonds. The van der Waals surface area contributed by atoms with Gasteiger partial charge < -0.3 is 19.9 Å². The number of H-pyrrole nitrogens is 1. The molecular formula is C46H50ClF3N8O5S. The minimum Gasteiger partial charge on any atom is -0.455 e. The van der Waals surface area contributed by atoms with Crippen molar-refractivity contribution in [3.63, 3.8) is 0 Å². The van der Waals surface area contributed by atoms with Crippen LogP contribution in [0, 0.1) is 15.5 Å². The number of nitrogens with zero attached hydrogens (tertiary/aromatic N) is 5. The Morgan fingerprint density at radius 2 is 1.75 bits per heavy atom. The minimum atomic E-state index is -4.31. The van der Waals surface area contributed by atoms with Crippen molar-refractivity contribution >= 4 is 62.2 Å². The van der Waals surface area contributed by atoms with E-state index in [1.54, 1.807) is 30.6 Å². The highest BCUT2D eigenvalue weighted by Crippen LogP contribution is 2.43. The molecule has 338 valence electrons. The zero-order valence-corrected chi connectivity index (χ0v) is 37.1. The van der Waals surface area contributed by atoms with Gasteiger partial charge in [-0.25, -0.2) is 9.19 Å². The Labute approximate surface area is 376 Å². The molecule has 64 heavy (non-hydrogen) atoms. The first-order valence-corrected chi connectivity index (χ1v) is 22.8. The van der Waals surface area contributed by atoms with Crippen LogP contribution in [0.1, 0.15) is 61.9 Å². The smallest absolute Gasteiger partial charge is 0.401 e. The van der Waals surface area contributed by atoms with Crippen LogP contribution in [0.5, 0.6) is 11.5 Å². The number of amides is 1. The number of aromatic amines is 1. The van der Waals surface area contributed by atoms with Gasteiger partial charge in [-0.3, -0.25) is 29.4 Å². The number of fused-ring (bicyclic) bond motifs is 1. The molecule has 2 fully saturated rings. The summed E-state index contributed by atoms with van der Waals surface area (Å²) in [6.07, 6.45) is 2.90. The Bertz CT molecular complexity index is 2570. The molecule has 0 radical (unpaired) electrons. The number of halogens is 4. The van der Waals surface area contributed by atoms with Crippen molar-refractivity contribution in [3.05, 3.63) is 117 Å². The molecule has 2 aromatic heterocycles. The van der Waals surface area contributed by atoms with E-state index in [4.69, 9.17) is 16.3 Å². The van der Waals surface area contributed by atoms with Crippen molar-refractivity contribution < 1.29 is 31.8 Å². The number of likely N-dealkylation sites (tertiary alicyclic amines) is 1. The number of hydrogen-bond acceptors (Lipinski definition) is 10. The van der Waals surface area contributed by atoms with Gasteiger partial charge in [-0.05, 0) is 97.2 Å². The third kappa shape index (κ3) is 11.1. The van der Waals surface area contributed by atoms with Crippen LogP contribution in [-0.2, 0) is 11.0 Å². The zero-order valence-electron chi connectivity index (χ0n) is 35.6. The maximum Gasteiger partial charge on any atom is 0.401 e. The number of piperazine rings is 1. The molecule has 0 spiro atoms. The van der Waals surface area contributed by atoms with Gasteiger partial charge in [0, 0.05) is 86.3 Å². The number of anilines is 2. The molecule has 0 saturated carbocycles. The Morgan fingerprint density at radius 1 is 1.00 bits per heavy atom. The monoisotopic (exact) mass is 918 g/mol. The quantitative estimate of drug-likeness (QED) is 0.0770. The maximum atomic E-state index is 13.9. The topological polar surface area (TPSA) is 149 Å². The van der Waals surface area contributed by atoms with Crippen LogP contribution < -0.4 is 19.7 Å². The van der Waals surface area contributed by atoms with E-state index in [2.05, 4.69) is 55.8 Å². The number of aromatic nitrogens is 2. The summed E-state index contributed by atoms with van der Waals surface area (Å²) in [6, 6.07) is 20.7. The lowest BCUT2D eigenvalue weighted by Crippen LogP contribution is -2.47. The highest BCUT2D eigenvalue weighted by atomic mass is 35.5. The average molecular weight is 919 g/mol. The number of rotatable bonds is 13. The Morgan fingerprint density at radius 3 is 2.47 bits per heavy atom. The number of carbonyl (C=O) groups excluding carboxylic acids is 1. The van der Waals surface area contributed by atoms with E-state index in [9.17, 15) is 32.3 Å². The van der Waals surface area contributed by atoms with Crippen LogP contribution in [0.2, 0.25) is 5.02 Å². The summed E-state index contributed by atoms with van der Waals surface area (Å²) in [4.78, 5) is 39.0. The molecule has 18 heteroatoms. The molecular weight excluding hydrogens is 869 g/mol. The lowest BCUT2D eigenvalue weighted by Gasteiger charge is -2.39. The number of pyridine rings is 1. The molecule has 2 aliphatic heterocycles. The second kappa shape index (κ2) is 18.9. The van der Waals surface area contributed by atoms with Gasteiger partial charge in [0.1, 0.15) is 22.8 Å². The number of nitrogens with one attached hydrogen (secondary N) is 3. The van der Waals surface area contributed by atoms with Gasteiger partial charge in [0.15, 0.2) is 11.0 Å². The Balaban J connectivity index is 0.968. The lowest BCUT2D eigenvalue weighted by atomic mass is 9.72. The summed E-state index contributed by atoms with van der Waals surface area (Å²) >= 11 is 6.24. The van der Waals surface area contributed by atoms with Crippen LogP contribution in [-0.4, -0.2) is 99.4 Å². The molecule has 1 unspecified atom stereocenters. The lowest BCUT2D eigenvalue weighted by molar-refractivity contribution is -0.384. The molecule has 3 aliphatic rings. The van der Waals surface area contributed by atoms with Crippen molar-refractivity contribution in [1.82, 2.24) is 24.5 Å². The third-order valence-corrected chi connectivity index (χ3v) is 13.6. The van der Waals surface area contributed by atoms with Gasteiger partial charge in [-0.2, -0.15) is 13.2 Å². The molecule has 1 atom stereocenters. The van der Waals surface area contributed by atoms with Gasteiger partial charge in [-0.1, -0.05) is 43.2 Å². The fraction of sp³-hybridized carbons (Fsp3) is 0.391. The fourth-order valence-electron chi connectivity index (χ4n) is 8.79. The summed E-state index contributed by atoms with van der Waals surface area (Å²) in [5.74, 6) is -0.133. The Kier molecular flexibility index (Phi) is 13.3. The summed E-state index contributed by atoms with van der Waals surface area (Å²) in [5, 5.41) is 16.8. The summed E-state index contributed by atoms with van der Waals surface area (Å²) < 4.78 is 61.1. The van der Waals surface area contributed by atoms with Crippen LogP contribution >= 0.6 is 11.6 Å². The standard InChI is InChI=1S/C46H50ClF3N8O5S/c1-45(2)15-11-32(39(26-45)30-3-5-33(47)6-4-30)28-55-19-21-57(22-20-55)35-7-9-38(42(24-35)63-36-23-31-12-16-51-43(31)52-27-36)44(59)54-64(62)37-8-10-40(41(25-37)58(60)61)53-34-13-17-56(18-14-34)29-46(48,49)50/h3-10,12,16,23-25,27,34,53H,11,13-15,17-22,26,28-29H2,1-2H3,(H,51,52)(H,54,59). The molecule has 3 aromatic carbocycles. The summed E-state index contributed by atoms with van der Waals surface area (Å²) in [6.45, 7) is 8.04. The van der Waals surface area contributed by atoms with Crippen molar-refractivity contribution in [3.8, 4) is 11.5 Å². The van der Waals surface area contributed by atoms with E-state index < -0.39 is 34.5 Å². The van der Waals surface area contributed by atoms with E-state index >= 15 is 0 Å². The maximum absolute atomic E-state index is 13.9. The van der Waals surface area contributed by atoms with Crippen molar-refractivity contribution in [1.29, 1.82) is 0 Å². The second-order valence-corrected chi connectivity index (χ2v) is 19.2. The van der Waals surface area contributed by atoms with Crippen molar-refractivity contribution in [2.24, 2.45) is 5.41 Å². The largest absolute Gasteiger partial charge is 0.455 e. The Hall–Kier alpha value is -5.49. The molecule has 5 aromatic rings. The molecule has 1 aliphatic carbocycles. The first kappa shape index (κ1) is 45.1. The first-order valence-electron chi connectivity index (χ1n) is 21.3. The first-order chi connectivity index (χ1) is 30.6. The SMILES string of the molecule is CC1(C)CCC(CN2CCN(c3ccc(C(=O)NS(=O)c4ccc(NC5CCN(CC(F)(F)F)CC5)c([N+](=O)[O-])c4)c(Oc4cnc5[nH]ccc5c4)c3)CC2)=C(c2ccc(Cl)cc2)C1. The number of ether oxygens (including phenoxy) is 1. The number of allylic oxidation sites excluding steroid dienone is 1. The molecule has 4 heterocycles. The van der Waals surface area contributed by atoms with Crippen LogP contribution in [0.4, 0.5) is 30.2 Å². The van der Waals surface area contributed by atoms with Crippen molar-refractivity contribution in [2.75, 3.05) is 62.6 Å². The second-order valence-electron chi connectivity index (χ2n) is 17.5.